The third kappa shape index (κ3) is 4.26. The molecule has 2 aromatic carbocycles. The highest BCUT2D eigenvalue weighted by molar-refractivity contribution is 5.69. The predicted octanol–water partition coefficient (Wildman–Crippen LogP) is 4.78. The van der Waals surface area contributed by atoms with Gasteiger partial charge >= 0.3 is 0 Å². The minimum absolute atomic E-state index is 0.00161. The summed E-state index contributed by atoms with van der Waals surface area (Å²) in [5.74, 6) is 2.05. The summed E-state index contributed by atoms with van der Waals surface area (Å²) >= 11 is 0. The van der Waals surface area contributed by atoms with Crippen LogP contribution in [-0.4, -0.2) is 31.4 Å². The second-order valence-electron chi connectivity index (χ2n) is 7.44. The summed E-state index contributed by atoms with van der Waals surface area (Å²) in [4.78, 5) is 4.28. The fourth-order valence-corrected chi connectivity index (χ4v) is 3.51. The minimum atomic E-state index is -0.248. The first-order valence-electron chi connectivity index (χ1n) is 9.98. The molecule has 0 spiro atoms. The Hall–Kier alpha value is -3.74. The summed E-state index contributed by atoms with van der Waals surface area (Å²) in [5, 5.41) is 8.66. The van der Waals surface area contributed by atoms with Gasteiger partial charge in [-0.25, -0.2) is 9.37 Å². The van der Waals surface area contributed by atoms with Gasteiger partial charge in [-0.1, -0.05) is 31.2 Å². The Morgan fingerprint density at radius 3 is 2.52 bits per heavy atom. The molecule has 158 valence electrons. The largest absolute Gasteiger partial charge is 0.495 e. The number of benzene rings is 2. The van der Waals surface area contributed by atoms with E-state index in [9.17, 15) is 4.39 Å². The van der Waals surface area contributed by atoms with Gasteiger partial charge in [0.15, 0.2) is 5.82 Å². The molecule has 0 amide bonds. The molecule has 0 aliphatic carbocycles. The summed E-state index contributed by atoms with van der Waals surface area (Å²) in [5.41, 5.74) is 3.84. The lowest BCUT2D eigenvalue weighted by atomic mass is 10.0. The van der Waals surface area contributed by atoms with Crippen LogP contribution in [0.15, 0.2) is 55.0 Å². The van der Waals surface area contributed by atoms with Gasteiger partial charge in [-0.15, -0.1) is 10.2 Å². The van der Waals surface area contributed by atoms with E-state index in [1.165, 1.54) is 12.1 Å². The number of nitrogens with zero attached hydrogens (tertiary/aromatic N) is 5. The van der Waals surface area contributed by atoms with Crippen LogP contribution < -0.4 is 4.74 Å². The van der Waals surface area contributed by atoms with E-state index in [1.54, 1.807) is 25.6 Å². The summed E-state index contributed by atoms with van der Waals surface area (Å²) in [6.07, 6.45) is 7.62. The second-order valence-corrected chi connectivity index (χ2v) is 7.44. The SMILES string of the molecule is COc1cc(/C=C/c2nnc([C@H](C)c3ccc(F)cc3)n2C)ccc1-n1cnc(C)c1. The summed E-state index contributed by atoms with van der Waals surface area (Å²) < 4.78 is 22.7. The number of rotatable bonds is 6. The van der Waals surface area contributed by atoms with Crippen LogP contribution in [0.5, 0.6) is 5.75 Å². The molecule has 0 saturated heterocycles. The van der Waals surface area contributed by atoms with Crippen LogP contribution in [0.1, 0.15) is 41.3 Å². The van der Waals surface area contributed by atoms with E-state index in [4.69, 9.17) is 4.74 Å². The van der Waals surface area contributed by atoms with Gasteiger partial charge in [0.2, 0.25) is 0 Å². The van der Waals surface area contributed by atoms with E-state index in [2.05, 4.69) is 15.2 Å². The van der Waals surface area contributed by atoms with Crippen molar-refractivity contribution < 1.29 is 9.13 Å². The molecule has 4 rings (SSSR count). The first-order chi connectivity index (χ1) is 15.0. The molecule has 0 fully saturated rings. The normalized spacial score (nSPS) is 12.4. The Bertz CT molecular complexity index is 1220. The van der Waals surface area contributed by atoms with Crippen molar-refractivity contribution in [2.75, 3.05) is 7.11 Å². The first kappa shape index (κ1) is 20.5. The van der Waals surface area contributed by atoms with Crippen molar-refractivity contribution >= 4 is 12.2 Å². The molecule has 0 aliphatic heterocycles. The monoisotopic (exact) mass is 417 g/mol. The number of ether oxygens (including phenoxy) is 1. The van der Waals surface area contributed by atoms with Gasteiger partial charge in [0, 0.05) is 19.2 Å². The Kier molecular flexibility index (Phi) is 5.66. The van der Waals surface area contributed by atoms with E-state index in [-0.39, 0.29) is 11.7 Å². The molecular weight excluding hydrogens is 393 g/mol. The summed E-state index contributed by atoms with van der Waals surface area (Å²) in [6.45, 7) is 3.98. The average Bonchev–Trinajstić information content (AvgIpc) is 3.37. The smallest absolute Gasteiger partial charge is 0.156 e. The third-order valence-electron chi connectivity index (χ3n) is 5.32. The van der Waals surface area contributed by atoms with Crippen molar-refractivity contribution in [2.24, 2.45) is 7.05 Å². The molecule has 0 radical (unpaired) electrons. The molecular formula is C24H24FN5O. The zero-order valence-electron chi connectivity index (χ0n) is 18.0. The van der Waals surface area contributed by atoms with E-state index in [0.29, 0.717) is 0 Å². The molecule has 0 saturated carbocycles. The van der Waals surface area contributed by atoms with Crippen molar-refractivity contribution in [3.05, 3.63) is 89.3 Å². The number of aromatic nitrogens is 5. The molecule has 2 aromatic heterocycles. The zero-order chi connectivity index (χ0) is 22.0. The molecule has 0 unspecified atom stereocenters. The summed E-state index contributed by atoms with van der Waals surface area (Å²) in [7, 11) is 3.59. The van der Waals surface area contributed by atoms with Crippen LogP contribution in [-0.2, 0) is 7.05 Å². The summed E-state index contributed by atoms with van der Waals surface area (Å²) in [6, 6.07) is 12.5. The van der Waals surface area contributed by atoms with Crippen LogP contribution in [0.4, 0.5) is 4.39 Å². The second kappa shape index (κ2) is 8.55. The maximum Gasteiger partial charge on any atom is 0.156 e. The highest BCUT2D eigenvalue weighted by atomic mass is 19.1. The number of imidazole rings is 1. The van der Waals surface area contributed by atoms with Crippen molar-refractivity contribution in [3.8, 4) is 11.4 Å². The highest BCUT2D eigenvalue weighted by Gasteiger charge is 2.16. The van der Waals surface area contributed by atoms with E-state index in [0.717, 1.165) is 39.9 Å². The van der Waals surface area contributed by atoms with Gasteiger partial charge in [0.1, 0.15) is 17.4 Å². The van der Waals surface area contributed by atoms with Crippen LogP contribution in [0.3, 0.4) is 0 Å². The number of hydrogen-bond acceptors (Lipinski definition) is 4. The molecule has 0 aliphatic rings. The number of halogens is 1. The molecule has 2 heterocycles. The standard InChI is InChI=1S/C24H24FN5O/c1-16-14-30(15-26-16)21-11-5-18(13-22(21)31-4)6-12-23-27-28-24(29(23)3)17(2)19-7-9-20(25)10-8-19/h5-15,17H,1-4H3/b12-6+/t17-/m1/s1. The van der Waals surface area contributed by atoms with Gasteiger partial charge in [0.25, 0.3) is 0 Å². The lowest BCUT2D eigenvalue weighted by molar-refractivity contribution is 0.413. The molecule has 0 bridgehead atoms. The van der Waals surface area contributed by atoms with Crippen molar-refractivity contribution in [2.45, 2.75) is 19.8 Å². The Balaban J connectivity index is 1.57. The van der Waals surface area contributed by atoms with Crippen LogP contribution in [0, 0.1) is 12.7 Å². The number of hydrogen-bond donors (Lipinski definition) is 0. The predicted molar refractivity (Wildman–Crippen MR) is 119 cm³/mol. The lowest BCUT2D eigenvalue weighted by Gasteiger charge is -2.11. The molecule has 0 N–H and O–H groups in total. The topological polar surface area (TPSA) is 57.8 Å². The van der Waals surface area contributed by atoms with Gasteiger partial charge in [0.05, 0.1) is 24.8 Å². The molecule has 4 aromatic rings. The van der Waals surface area contributed by atoms with Crippen molar-refractivity contribution in [1.82, 2.24) is 24.3 Å². The van der Waals surface area contributed by atoms with E-state index < -0.39 is 0 Å². The minimum Gasteiger partial charge on any atom is -0.495 e. The molecule has 6 nitrogen and oxygen atoms in total. The zero-order valence-corrected chi connectivity index (χ0v) is 18.0. The van der Waals surface area contributed by atoms with Gasteiger partial charge in [-0.3, -0.25) is 0 Å². The first-order valence-corrected chi connectivity index (χ1v) is 9.98. The van der Waals surface area contributed by atoms with Crippen LogP contribution in [0.2, 0.25) is 0 Å². The maximum absolute atomic E-state index is 13.2. The number of methoxy groups -OCH3 is 1. The highest BCUT2D eigenvalue weighted by Crippen LogP contribution is 2.26. The maximum atomic E-state index is 13.2. The van der Waals surface area contributed by atoms with Gasteiger partial charge < -0.3 is 13.9 Å². The van der Waals surface area contributed by atoms with E-state index >= 15 is 0 Å². The number of aryl methyl sites for hydroxylation is 1. The quantitative estimate of drug-likeness (QED) is 0.453. The third-order valence-corrected chi connectivity index (χ3v) is 5.32. The molecule has 7 heteroatoms. The Morgan fingerprint density at radius 1 is 1.06 bits per heavy atom. The van der Waals surface area contributed by atoms with Crippen molar-refractivity contribution in [3.63, 3.8) is 0 Å². The van der Waals surface area contributed by atoms with E-state index in [1.807, 2.05) is 66.6 Å². The lowest BCUT2D eigenvalue weighted by Crippen LogP contribution is -2.05. The van der Waals surface area contributed by atoms with Gasteiger partial charge in [-0.2, -0.15) is 0 Å². The Morgan fingerprint density at radius 2 is 1.84 bits per heavy atom. The molecule has 31 heavy (non-hydrogen) atoms. The Labute approximate surface area is 180 Å². The molecule has 1 atom stereocenters. The van der Waals surface area contributed by atoms with Gasteiger partial charge in [-0.05, 0) is 48.4 Å². The fraction of sp³-hybridized carbons (Fsp3) is 0.208. The van der Waals surface area contributed by atoms with Crippen molar-refractivity contribution in [1.29, 1.82) is 0 Å². The van der Waals surface area contributed by atoms with Crippen LogP contribution >= 0.6 is 0 Å². The fourth-order valence-electron chi connectivity index (χ4n) is 3.51. The van der Waals surface area contributed by atoms with Crippen LogP contribution in [0.25, 0.3) is 17.8 Å². The average molecular weight is 417 g/mol.